The predicted molar refractivity (Wildman–Crippen MR) is 87.6 cm³/mol. The third-order valence-electron chi connectivity index (χ3n) is 4.16. The molecule has 1 unspecified atom stereocenters. The Morgan fingerprint density at radius 1 is 1.19 bits per heavy atom. The number of piperazine rings is 1. The molecule has 0 saturated carbocycles. The fraction of sp³-hybridized carbons (Fsp3) is 0.562. The van der Waals surface area contributed by atoms with Crippen LogP contribution in [0.25, 0.3) is 0 Å². The summed E-state index contributed by atoms with van der Waals surface area (Å²) in [4.78, 5) is 16.7. The van der Waals surface area contributed by atoms with Gasteiger partial charge < -0.3 is 15.5 Å². The van der Waals surface area contributed by atoms with Crippen LogP contribution < -0.4 is 10.6 Å². The van der Waals surface area contributed by atoms with Crippen molar-refractivity contribution < 1.29 is 4.79 Å². The van der Waals surface area contributed by atoms with Crippen molar-refractivity contribution in [2.24, 2.45) is 17.6 Å². The summed E-state index contributed by atoms with van der Waals surface area (Å²) in [6.07, 6.45) is 0. The minimum Gasteiger partial charge on any atom is -0.368 e. The number of anilines is 1. The van der Waals surface area contributed by atoms with E-state index in [1.807, 2.05) is 29.2 Å². The number of nitrogens with zero attached hydrogens (tertiary/aromatic N) is 2. The van der Waals surface area contributed by atoms with E-state index >= 15 is 0 Å². The Kier molecular flexibility index (Phi) is 5.48. The number of carbonyl (C=O) groups excluding carboxylic acids is 1. The molecule has 1 heterocycles. The molecular weight excluding hydrogens is 286 g/mol. The molecule has 1 aromatic carbocycles. The van der Waals surface area contributed by atoms with E-state index in [9.17, 15) is 4.79 Å². The molecule has 21 heavy (non-hydrogen) atoms. The molecule has 2 N–H and O–H groups in total. The lowest BCUT2D eigenvalue weighted by Gasteiger charge is -2.38. The molecule has 1 atom stereocenters. The van der Waals surface area contributed by atoms with Crippen molar-refractivity contribution >= 4 is 23.2 Å². The van der Waals surface area contributed by atoms with Crippen LogP contribution in [0.3, 0.4) is 0 Å². The molecule has 0 radical (unpaired) electrons. The second kappa shape index (κ2) is 7.14. The van der Waals surface area contributed by atoms with Gasteiger partial charge >= 0.3 is 0 Å². The largest absolute Gasteiger partial charge is 0.368 e. The van der Waals surface area contributed by atoms with Crippen molar-refractivity contribution in [2.75, 3.05) is 37.6 Å². The molecule has 1 fully saturated rings. The molecule has 116 valence electrons. The first kappa shape index (κ1) is 16.1. The lowest BCUT2D eigenvalue weighted by Crippen LogP contribution is -2.52. The SMILES string of the molecule is CC(C)C(CN)C(=O)N1CCN(c2ccc(Cl)cc2)CC1. The maximum atomic E-state index is 12.5. The molecule has 4 nitrogen and oxygen atoms in total. The number of benzene rings is 1. The van der Waals surface area contributed by atoms with Gasteiger partial charge in [-0.15, -0.1) is 0 Å². The van der Waals surface area contributed by atoms with Crippen LogP contribution in [0.5, 0.6) is 0 Å². The van der Waals surface area contributed by atoms with E-state index in [1.54, 1.807) is 0 Å². The van der Waals surface area contributed by atoms with Gasteiger partial charge in [0.25, 0.3) is 0 Å². The van der Waals surface area contributed by atoms with Crippen molar-refractivity contribution in [1.82, 2.24) is 4.90 Å². The van der Waals surface area contributed by atoms with Crippen molar-refractivity contribution in [2.45, 2.75) is 13.8 Å². The molecule has 2 rings (SSSR count). The summed E-state index contributed by atoms with van der Waals surface area (Å²) < 4.78 is 0. The average Bonchev–Trinajstić information content (AvgIpc) is 2.48. The van der Waals surface area contributed by atoms with E-state index in [4.69, 9.17) is 17.3 Å². The average molecular weight is 310 g/mol. The zero-order valence-corrected chi connectivity index (χ0v) is 13.5. The number of carbonyl (C=O) groups is 1. The van der Waals surface area contributed by atoms with Crippen molar-refractivity contribution in [3.8, 4) is 0 Å². The third kappa shape index (κ3) is 3.89. The third-order valence-corrected chi connectivity index (χ3v) is 4.41. The van der Waals surface area contributed by atoms with Gasteiger partial charge in [-0.1, -0.05) is 25.4 Å². The minimum atomic E-state index is -0.0629. The summed E-state index contributed by atoms with van der Waals surface area (Å²) >= 11 is 5.91. The van der Waals surface area contributed by atoms with E-state index in [1.165, 1.54) is 0 Å². The molecule has 5 heteroatoms. The van der Waals surface area contributed by atoms with Gasteiger partial charge in [-0.3, -0.25) is 4.79 Å². The number of hydrogen-bond acceptors (Lipinski definition) is 3. The van der Waals surface area contributed by atoms with Crippen LogP contribution in [0, 0.1) is 11.8 Å². The van der Waals surface area contributed by atoms with Gasteiger partial charge in [-0.2, -0.15) is 0 Å². The van der Waals surface area contributed by atoms with Crippen LogP contribution in [-0.4, -0.2) is 43.5 Å². The summed E-state index contributed by atoms with van der Waals surface area (Å²) in [7, 11) is 0. The Morgan fingerprint density at radius 2 is 1.76 bits per heavy atom. The maximum absolute atomic E-state index is 12.5. The lowest BCUT2D eigenvalue weighted by molar-refractivity contribution is -0.136. The molecular formula is C16H24ClN3O. The lowest BCUT2D eigenvalue weighted by atomic mass is 9.94. The molecule has 0 aliphatic carbocycles. The van der Waals surface area contributed by atoms with E-state index in [0.717, 1.165) is 36.9 Å². The Labute approximate surface area is 131 Å². The Bertz CT molecular complexity index is 467. The zero-order valence-electron chi connectivity index (χ0n) is 12.8. The molecule has 0 aromatic heterocycles. The van der Waals surface area contributed by atoms with Crippen LogP contribution in [0.2, 0.25) is 5.02 Å². The van der Waals surface area contributed by atoms with Crippen LogP contribution in [0.15, 0.2) is 24.3 Å². The van der Waals surface area contributed by atoms with Crippen LogP contribution in [0.1, 0.15) is 13.8 Å². The number of rotatable bonds is 4. The van der Waals surface area contributed by atoms with Gasteiger partial charge in [0.05, 0.1) is 5.92 Å². The minimum absolute atomic E-state index is 0.0629. The Hall–Kier alpha value is -1.26. The van der Waals surface area contributed by atoms with Gasteiger partial charge in [-0.25, -0.2) is 0 Å². The molecule has 1 aliphatic rings. The first-order valence-electron chi connectivity index (χ1n) is 7.52. The predicted octanol–water partition coefficient (Wildman–Crippen LogP) is 2.22. The fourth-order valence-electron chi connectivity index (χ4n) is 2.73. The van der Waals surface area contributed by atoms with Gasteiger partial charge in [0.1, 0.15) is 0 Å². The Balaban J connectivity index is 1.93. The quantitative estimate of drug-likeness (QED) is 0.928. The monoisotopic (exact) mass is 309 g/mol. The van der Waals surface area contributed by atoms with Crippen molar-refractivity contribution in [3.63, 3.8) is 0 Å². The van der Waals surface area contributed by atoms with Gasteiger partial charge in [0.2, 0.25) is 5.91 Å². The van der Waals surface area contributed by atoms with Crippen molar-refractivity contribution in [3.05, 3.63) is 29.3 Å². The van der Waals surface area contributed by atoms with E-state index in [2.05, 4.69) is 18.7 Å². The Morgan fingerprint density at radius 3 is 2.24 bits per heavy atom. The molecule has 1 saturated heterocycles. The summed E-state index contributed by atoms with van der Waals surface area (Å²) in [6, 6.07) is 7.85. The normalized spacial score (nSPS) is 17.2. The van der Waals surface area contributed by atoms with Gasteiger partial charge in [0, 0.05) is 43.4 Å². The summed E-state index contributed by atoms with van der Waals surface area (Å²) in [6.45, 7) is 7.74. The highest BCUT2D eigenvalue weighted by Crippen LogP contribution is 2.21. The molecule has 1 aromatic rings. The smallest absolute Gasteiger partial charge is 0.227 e. The van der Waals surface area contributed by atoms with Crippen LogP contribution in [-0.2, 0) is 4.79 Å². The van der Waals surface area contributed by atoms with Gasteiger partial charge in [-0.05, 0) is 30.2 Å². The first-order chi connectivity index (χ1) is 10.0. The number of nitrogens with two attached hydrogens (primary N) is 1. The highest BCUT2D eigenvalue weighted by atomic mass is 35.5. The van der Waals surface area contributed by atoms with E-state index in [-0.39, 0.29) is 17.7 Å². The molecule has 0 spiro atoms. The van der Waals surface area contributed by atoms with Crippen LogP contribution >= 0.6 is 11.6 Å². The highest BCUT2D eigenvalue weighted by Gasteiger charge is 2.28. The first-order valence-corrected chi connectivity index (χ1v) is 7.90. The zero-order chi connectivity index (χ0) is 15.4. The topological polar surface area (TPSA) is 49.6 Å². The standard InChI is InChI=1S/C16H24ClN3O/c1-12(2)15(11-18)16(21)20-9-7-19(8-10-20)14-5-3-13(17)4-6-14/h3-6,12,15H,7-11,18H2,1-2H3. The second-order valence-electron chi connectivity index (χ2n) is 5.87. The van der Waals surface area contributed by atoms with Crippen molar-refractivity contribution in [1.29, 1.82) is 0 Å². The van der Waals surface area contributed by atoms with E-state index in [0.29, 0.717) is 6.54 Å². The highest BCUT2D eigenvalue weighted by molar-refractivity contribution is 6.30. The molecule has 0 bridgehead atoms. The second-order valence-corrected chi connectivity index (χ2v) is 6.31. The fourth-order valence-corrected chi connectivity index (χ4v) is 2.86. The van der Waals surface area contributed by atoms with Gasteiger partial charge in [0.15, 0.2) is 0 Å². The number of amides is 1. The summed E-state index contributed by atoms with van der Waals surface area (Å²) in [5, 5.41) is 0.746. The van der Waals surface area contributed by atoms with E-state index < -0.39 is 0 Å². The number of hydrogen-bond donors (Lipinski definition) is 1. The summed E-state index contributed by atoms with van der Waals surface area (Å²) in [5.41, 5.74) is 6.90. The molecule has 1 amide bonds. The maximum Gasteiger partial charge on any atom is 0.227 e. The number of halogens is 1. The van der Waals surface area contributed by atoms with Crippen LogP contribution in [0.4, 0.5) is 5.69 Å². The summed E-state index contributed by atoms with van der Waals surface area (Å²) in [5.74, 6) is 0.423. The molecule has 1 aliphatic heterocycles.